The second-order valence-electron chi connectivity index (χ2n) is 3.70. The minimum Gasteiger partial charge on any atom is -0.480 e. The van der Waals surface area contributed by atoms with Crippen molar-refractivity contribution in [2.75, 3.05) is 13.2 Å². The molecule has 0 heterocycles. The molecule has 0 atom stereocenters. The summed E-state index contributed by atoms with van der Waals surface area (Å²) in [5.74, 6) is -3.40. The van der Waals surface area contributed by atoms with Gasteiger partial charge in [0, 0.05) is 6.92 Å². The van der Waals surface area contributed by atoms with E-state index in [2.05, 4.69) is 4.74 Å². The molecule has 0 fully saturated rings. The molecule has 8 heteroatoms. The summed E-state index contributed by atoms with van der Waals surface area (Å²) in [6, 6.07) is 6.00. The van der Waals surface area contributed by atoms with E-state index in [0.717, 1.165) is 6.92 Å². The van der Waals surface area contributed by atoms with Gasteiger partial charge in [0.1, 0.15) is 6.61 Å². The Morgan fingerprint density at radius 3 is 1.86 bits per heavy atom. The van der Waals surface area contributed by atoms with Crippen LogP contribution in [0.2, 0.25) is 0 Å². The minimum atomic E-state index is -1.19. The number of hydrogen-bond donors (Lipinski definition) is 2. The Labute approximate surface area is 126 Å². The third-order valence-electron chi connectivity index (χ3n) is 2.01. The fraction of sp³-hybridized carbons (Fsp3) is 0.286. The van der Waals surface area contributed by atoms with Crippen molar-refractivity contribution in [2.45, 2.75) is 13.8 Å². The first kappa shape index (κ1) is 19.3. The van der Waals surface area contributed by atoms with Crippen LogP contribution in [-0.4, -0.2) is 47.3 Å². The highest BCUT2D eigenvalue weighted by molar-refractivity contribution is 6.05. The summed E-state index contributed by atoms with van der Waals surface area (Å²) < 4.78 is 9.21. The molecule has 0 spiro atoms. The first-order valence-corrected chi connectivity index (χ1v) is 6.15. The summed E-state index contributed by atoms with van der Waals surface area (Å²) in [4.78, 5) is 42.9. The van der Waals surface area contributed by atoms with Crippen molar-refractivity contribution in [2.24, 2.45) is 0 Å². The molecule has 0 saturated carbocycles. The van der Waals surface area contributed by atoms with Crippen molar-refractivity contribution in [1.82, 2.24) is 0 Å². The third-order valence-corrected chi connectivity index (χ3v) is 2.01. The Balaban J connectivity index is 0.000000763. The zero-order valence-corrected chi connectivity index (χ0v) is 12.1. The lowest BCUT2D eigenvalue weighted by atomic mass is 10.1. The van der Waals surface area contributed by atoms with E-state index >= 15 is 0 Å². The average Bonchev–Trinajstić information content (AvgIpc) is 2.47. The number of carboxylic acid groups (broad SMARTS) is 1. The molecule has 2 N–H and O–H groups in total. The molecule has 0 amide bonds. The van der Waals surface area contributed by atoms with Crippen LogP contribution in [0.1, 0.15) is 34.6 Å². The van der Waals surface area contributed by atoms with Crippen molar-refractivity contribution in [1.29, 1.82) is 0 Å². The smallest absolute Gasteiger partial charge is 0.346 e. The Kier molecular flexibility index (Phi) is 8.80. The van der Waals surface area contributed by atoms with E-state index in [9.17, 15) is 14.4 Å². The molecule has 0 aliphatic heterocycles. The number of hydrogen-bond acceptors (Lipinski definition) is 7. The van der Waals surface area contributed by atoms with Crippen LogP contribution in [0.25, 0.3) is 0 Å². The second-order valence-corrected chi connectivity index (χ2v) is 3.70. The monoisotopic (exact) mass is 312 g/mol. The molecule has 120 valence electrons. The Morgan fingerprint density at radius 1 is 1.05 bits per heavy atom. The first-order valence-electron chi connectivity index (χ1n) is 6.15. The molecule has 0 bridgehead atoms. The molecule has 0 saturated heterocycles. The predicted molar refractivity (Wildman–Crippen MR) is 73.2 cm³/mol. The highest BCUT2D eigenvalue weighted by Gasteiger charge is 2.19. The number of carbonyl (C=O) groups excluding carboxylic acids is 3. The zero-order valence-electron chi connectivity index (χ0n) is 12.1. The van der Waals surface area contributed by atoms with E-state index in [-0.39, 0.29) is 17.7 Å². The zero-order chi connectivity index (χ0) is 17.1. The van der Waals surface area contributed by atoms with Gasteiger partial charge in [0.05, 0.1) is 17.7 Å². The Bertz CT molecular complexity index is 550. The van der Waals surface area contributed by atoms with Gasteiger partial charge in [-0.3, -0.25) is 4.79 Å². The van der Waals surface area contributed by atoms with Crippen LogP contribution in [0.3, 0.4) is 0 Å². The maximum Gasteiger partial charge on any atom is 0.346 e. The fourth-order valence-electron chi connectivity index (χ4n) is 1.23. The van der Waals surface area contributed by atoms with E-state index in [0.29, 0.717) is 0 Å². The first-order chi connectivity index (χ1) is 10.3. The lowest BCUT2D eigenvalue weighted by Gasteiger charge is -2.06. The standard InChI is InChI=1S/C12H12O5.C2H4O3/c1-3-16-11(14)9-6-4-5-7-10(9)12(15)17-8(2)13;3-1-2(4)5/h4-7H,3H2,1-2H3;3H,1H2,(H,4,5). The highest BCUT2D eigenvalue weighted by Crippen LogP contribution is 2.12. The summed E-state index contributed by atoms with van der Waals surface area (Å²) in [6.45, 7) is 2.20. The van der Waals surface area contributed by atoms with Crippen LogP contribution in [0.4, 0.5) is 0 Å². The van der Waals surface area contributed by atoms with Crippen LogP contribution in [0, 0.1) is 0 Å². The molecule has 0 aliphatic rings. The van der Waals surface area contributed by atoms with Gasteiger partial charge in [0.25, 0.3) is 0 Å². The number of esters is 3. The number of benzene rings is 1. The van der Waals surface area contributed by atoms with E-state index in [1.54, 1.807) is 19.1 Å². The highest BCUT2D eigenvalue weighted by atomic mass is 16.6. The third kappa shape index (κ3) is 7.15. The molecule has 1 rings (SSSR count). The molecule has 8 nitrogen and oxygen atoms in total. The molecule has 22 heavy (non-hydrogen) atoms. The van der Waals surface area contributed by atoms with E-state index in [4.69, 9.17) is 19.7 Å². The maximum atomic E-state index is 11.5. The van der Waals surface area contributed by atoms with Gasteiger partial charge in [-0.2, -0.15) is 0 Å². The molecular weight excluding hydrogens is 296 g/mol. The van der Waals surface area contributed by atoms with Crippen LogP contribution < -0.4 is 0 Å². The lowest BCUT2D eigenvalue weighted by Crippen LogP contribution is -2.15. The molecule has 0 radical (unpaired) electrons. The molecule has 0 aliphatic carbocycles. The number of rotatable bonds is 4. The average molecular weight is 312 g/mol. The van der Waals surface area contributed by atoms with Crippen molar-refractivity contribution in [3.63, 3.8) is 0 Å². The van der Waals surface area contributed by atoms with E-state index < -0.39 is 30.5 Å². The Hall–Kier alpha value is -2.74. The van der Waals surface area contributed by atoms with Gasteiger partial charge < -0.3 is 19.7 Å². The Morgan fingerprint density at radius 2 is 1.50 bits per heavy atom. The molecule has 1 aromatic carbocycles. The van der Waals surface area contributed by atoms with Gasteiger partial charge >= 0.3 is 23.9 Å². The maximum absolute atomic E-state index is 11.5. The fourth-order valence-corrected chi connectivity index (χ4v) is 1.23. The van der Waals surface area contributed by atoms with Gasteiger partial charge in [0.15, 0.2) is 0 Å². The number of aliphatic carboxylic acids is 1. The van der Waals surface area contributed by atoms with Crippen LogP contribution in [-0.2, 0) is 19.1 Å². The van der Waals surface area contributed by atoms with Crippen molar-refractivity contribution in [3.05, 3.63) is 35.4 Å². The van der Waals surface area contributed by atoms with Gasteiger partial charge in [-0.05, 0) is 19.1 Å². The normalized spacial score (nSPS) is 9.05. The molecular formula is C14H16O8. The number of carbonyl (C=O) groups is 4. The van der Waals surface area contributed by atoms with E-state index in [1.807, 2.05) is 0 Å². The minimum absolute atomic E-state index is 0.0150. The summed E-state index contributed by atoms with van der Waals surface area (Å²) in [5, 5.41) is 15.0. The number of ether oxygens (including phenoxy) is 2. The van der Waals surface area contributed by atoms with Crippen molar-refractivity contribution in [3.8, 4) is 0 Å². The number of aliphatic hydroxyl groups is 1. The van der Waals surface area contributed by atoms with Crippen molar-refractivity contribution >= 4 is 23.9 Å². The van der Waals surface area contributed by atoms with Crippen LogP contribution >= 0.6 is 0 Å². The molecule has 1 aromatic rings. The quantitative estimate of drug-likeness (QED) is 0.612. The van der Waals surface area contributed by atoms with Crippen molar-refractivity contribution < 1.29 is 38.9 Å². The van der Waals surface area contributed by atoms with Gasteiger partial charge in [-0.15, -0.1) is 0 Å². The van der Waals surface area contributed by atoms with Crippen LogP contribution in [0.15, 0.2) is 24.3 Å². The van der Waals surface area contributed by atoms with Crippen LogP contribution in [0.5, 0.6) is 0 Å². The molecule has 0 unspecified atom stereocenters. The SMILES string of the molecule is CCOC(=O)c1ccccc1C(=O)OC(C)=O.O=C(O)CO. The molecule has 0 aromatic heterocycles. The lowest BCUT2D eigenvalue weighted by molar-refractivity contribution is -0.140. The summed E-state index contributed by atoms with van der Waals surface area (Å²) in [6.07, 6.45) is 0. The summed E-state index contributed by atoms with van der Waals surface area (Å²) in [5.41, 5.74) is 0.0988. The van der Waals surface area contributed by atoms with E-state index in [1.165, 1.54) is 12.1 Å². The summed E-state index contributed by atoms with van der Waals surface area (Å²) >= 11 is 0. The number of aliphatic hydroxyl groups excluding tert-OH is 1. The van der Waals surface area contributed by atoms with Gasteiger partial charge in [-0.25, -0.2) is 14.4 Å². The largest absolute Gasteiger partial charge is 0.480 e. The number of carboxylic acids is 1. The van der Waals surface area contributed by atoms with Gasteiger partial charge in [-0.1, -0.05) is 12.1 Å². The topological polar surface area (TPSA) is 127 Å². The van der Waals surface area contributed by atoms with Gasteiger partial charge in [0.2, 0.25) is 0 Å². The predicted octanol–water partition coefficient (Wildman–Crippen LogP) is 0.630. The summed E-state index contributed by atoms with van der Waals surface area (Å²) in [7, 11) is 0. The second kappa shape index (κ2) is 10.1.